The molecule has 1 aliphatic rings. The molecule has 6 nitrogen and oxygen atoms in total. The van der Waals surface area contributed by atoms with Gasteiger partial charge in [-0.25, -0.2) is 0 Å². The number of carbonyl (C=O) groups excluding carboxylic acids is 1. The van der Waals surface area contributed by atoms with E-state index in [0.717, 1.165) is 24.4 Å². The lowest BCUT2D eigenvalue weighted by atomic mass is 10.0. The summed E-state index contributed by atoms with van der Waals surface area (Å²) in [4.78, 5) is 14.6. The van der Waals surface area contributed by atoms with Gasteiger partial charge in [-0.05, 0) is 32.0 Å². The first-order valence-corrected chi connectivity index (χ1v) is 9.09. The zero-order chi connectivity index (χ0) is 17.9. The summed E-state index contributed by atoms with van der Waals surface area (Å²) < 4.78 is 10.5. The summed E-state index contributed by atoms with van der Waals surface area (Å²) in [5.41, 5.74) is 1.14. The van der Waals surface area contributed by atoms with Crippen molar-refractivity contribution >= 4 is 5.91 Å². The zero-order valence-electron chi connectivity index (χ0n) is 15.4. The monoisotopic (exact) mass is 349 g/mol. The van der Waals surface area contributed by atoms with E-state index in [4.69, 9.17) is 9.47 Å². The molecule has 1 aromatic rings. The van der Waals surface area contributed by atoms with Gasteiger partial charge >= 0.3 is 0 Å². The van der Waals surface area contributed by atoms with Crippen LogP contribution in [0.25, 0.3) is 0 Å². The van der Waals surface area contributed by atoms with Gasteiger partial charge in [0.15, 0.2) is 0 Å². The number of ether oxygens (including phenoxy) is 2. The third kappa shape index (κ3) is 6.30. The van der Waals surface area contributed by atoms with Crippen molar-refractivity contribution in [3.63, 3.8) is 0 Å². The first-order valence-electron chi connectivity index (χ1n) is 9.09. The molecule has 0 bridgehead atoms. The Morgan fingerprint density at radius 3 is 2.68 bits per heavy atom. The fourth-order valence-electron chi connectivity index (χ4n) is 3.26. The van der Waals surface area contributed by atoms with Crippen molar-refractivity contribution in [1.29, 1.82) is 0 Å². The maximum absolute atomic E-state index is 12.1. The molecule has 1 aliphatic heterocycles. The molecule has 1 aromatic carbocycles. The maximum Gasteiger partial charge on any atom is 0.234 e. The van der Waals surface area contributed by atoms with E-state index in [0.29, 0.717) is 26.2 Å². The van der Waals surface area contributed by atoms with Crippen LogP contribution in [0.1, 0.15) is 30.9 Å². The van der Waals surface area contributed by atoms with Crippen LogP contribution < -0.4 is 15.4 Å². The Hall–Kier alpha value is -1.63. The third-order valence-corrected chi connectivity index (χ3v) is 4.59. The smallest absolute Gasteiger partial charge is 0.234 e. The molecule has 2 rings (SSSR count). The molecule has 1 saturated heterocycles. The van der Waals surface area contributed by atoms with E-state index in [-0.39, 0.29) is 11.9 Å². The van der Waals surface area contributed by atoms with Crippen LogP contribution in [0, 0.1) is 0 Å². The van der Waals surface area contributed by atoms with Crippen LogP contribution in [0.15, 0.2) is 24.3 Å². The molecule has 0 aromatic heterocycles. The van der Waals surface area contributed by atoms with Crippen molar-refractivity contribution in [2.75, 3.05) is 53.6 Å². The van der Waals surface area contributed by atoms with Crippen molar-refractivity contribution in [3.8, 4) is 5.75 Å². The van der Waals surface area contributed by atoms with Crippen LogP contribution in [0.5, 0.6) is 5.75 Å². The second kappa shape index (κ2) is 11.1. The van der Waals surface area contributed by atoms with E-state index in [9.17, 15) is 4.79 Å². The van der Waals surface area contributed by atoms with E-state index < -0.39 is 0 Å². The Bertz CT molecular complexity index is 518. The number of amides is 1. The molecule has 0 aliphatic carbocycles. The summed E-state index contributed by atoms with van der Waals surface area (Å²) in [6.07, 6.45) is 3.70. The van der Waals surface area contributed by atoms with Gasteiger partial charge in [0.2, 0.25) is 5.91 Å². The Labute approximate surface area is 150 Å². The predicted molar refractivity (Wildman–Crippen MR) is 98.9 cm³/mol. The normalized spacial score (nSPS) is 16.4. The molecule has 2 N–H and O–H groups in total. The summed E-state index contributed by atoms with van der Waals surface area (Å²) in [6.45, 7) is 4.29. The minimum absolute atomic E-state index is 0.00742. The van der Waals surface area contributed by atoms with Crippen molar-refractivity contribution in [2.24, 2.45) is 0 Å². The number of nitrogens with one attached hydrogen (secondary N) is 2. The second-order valence-electron chi connectivity index (χ2n) is 6.33. The van der Waals surface area contributed by atoms with Crippen molar-refractivity contribution in [2.45, 2.75) is 25.3 Å². The highest BCUT2D eigenvalue weighted by atomic mass is 16.5. The van der Waals surface area contributed by atoms with Crippen molar-refractivity contribution in [1.82, 2.24) is 15.5 Å². The highest BCUT2D eigenvalue weighted by Gasteiger charge is 2.25. The number of methoxy groups -OCH3 is 2. The molecule has 1 fully saturated rings. The fourth-order valence-corrected chi connectivity index (χ4v) is 3.26. The zero-order valence-corrected chi connectivity index (χ0v) is 15.4. The molecule has 0 saturated carbocycles. The van der Waals surface area contributed by atoms with Crippen LogP contribution in [0.4, 0.5) is 0 Å². The Morgan fingerprint density at radius 2 is 1.96 bits per heavy atom. The predicted octanol–water partition coefficient (Wildman–Crippen LogP) is 1.57. The van der Waals surface area contributed by atoms with Crippen molar-refractivity contribution in [3.05, 3.63) is 29.8 Å². The number of benzene rings is 1. The number of nitrogens with zero attached hydrogens (tertiary/aromatic N) is 1. The van der Waals surface area contributed by atoms with E-state index in [1.54, 1.807) is 14.2 Å². The number of likely N-dealkylation sites (tertiary alicyclic amines) is 1. The van der Waals surface area contributed by atoms with E-state index in [2.05, 4.69) is 21.6 Å². The average molecular weight is 349 g/mol. The van der Waals surface area contributed by atoms with Gasteiger partial charge in [-0.15, -0.1) is 0 Å². The SMILES string of the molecule is COCCNCC(=O)NCC(c1ccccc1OC)N1CCCCC1. The van der Waals surface area contributed by atoms with E-state index in [1.807, 2.05) is 18.2 Å². The van der Waals surface area contributed by atoms with Gasteiger partial charge in [-0.2, -0.15) is 0 Å². The first kappa shape index (κ1) is 19.7. The van der Waals surface area contributed by atoms with Crippen molar-refractivity contribution < 1.29 is 14.3 Å². The van der Waals surface area contributed by atoms with Gasteiger partial charge < -0.3 is 20.1 Å². The summed E-state index contributed by atoms with van der Waals surface area (Å²) in [7, 11) is 3.35. The number of piperidine rings is 1. The van der Waals surface area contributed by atoms with Crippen LogP contribution in [-0.4, -0.2) is 64.4 Å². The highest BCUT2D eigenvalue weighted by molar-refractivity contribution is 5.78. The molecular formula is C19H31N3O3. The van der Waals surface area contributed by atoms with Gasteiger partial charge in [0.25, 0.3) is 0 Å². The van der Waals surface area contributed by atoms with E-state index >= 15 is 0 Å². The third-order valence-electron chi connectivity index (χ3n) is 4.59. The molecular weight excluding hydrogens is 318 g/mol. The summed E-state index contributed by atoms with van der Waals surface area (Å²) in [5.74, 6) is 0.888. The van der Waals surface area contributed by atoms with E-state index in [1.165, 1.54) is 19.3 Å². The maximum atomic E-state index is 12.1. The molecule has 6 heteroatoms. The van der Waals surface area contributed by atoms with Gasteiger partial charge in [-0.1, -0.05) is 24.6 Å². The standard InChI is InChI=1S/C19H31N3O3/c1-24-13-10-20-15-19(23)21-14-17(22-11-6-3-7-12-22)16-8-4-5-9-18(16)25-2/h4-5,8-9,17,20H,3,6-7,10-15H2,1-2H3,(H,21,23). The summed E-state index contributed by atoms with van der Waals surface area (Å²) >= 11 is 0. The molecule has 0 radical (unpaired) electrons. The van der Waals surface area contributed by atoms with Gasteiger partial charge in [0.1, 0.15) is 5.75 Å². The van der Waals surface area contributed by atoms with Crippen LogP contribution >= 0.6 is 0 Å². The average Bonchev–Trinajstić information content (AvgIpc) is 2.66. The number of carbonyl (C=O) groups is 1. The topological polar surface area (TPSA) is 62.8 Å². The first-order chi connectivity index (χ1) is 12.3. The quantitative estimate of drug-likeness (QED) is 0.628. The molecule has 1 atom stereocenters. The van der Waals surface area contributed by atoms with Gasteiger partial charge in [0, 0.05) is 25.8 Å². The lowest BCUT2D eigenvalue weighted by Gasteiger charge is -2.35. The summed E-state index contributed by atoms with van der Waals surface area (Å²) in [6, 6.07) is 8.23. The lowest BCUT2D eigenvalue weighted by molar-refractivity contribution is -0.120. The minimum atomic E-state index is 0.00742. The van der Waals surface area contributed by atoms with Crippen LogP contribution in [0.3, 0.4) is 0 Å². The van der Waals surface area contributed by atoms with Gasteiger partial charge in [-0.3, -0.25) is 9.69 Å². The number of hydrogen-bond acceptors (Lipinski definition) is 5. The number of hydrogen-bond donors (Lipinski definition) is 2. The number of rotatable bonds is 10. The largest absolute Gasteiger partial charge is 0.496 e. The Balaban J connectivity index is 1.98. The fraction of sp³-hybridized carbons (Fsp3) is 0.632. The molecule has 1 heterocycles. The number of para-hydroxylation sites is 1. The van der Waals surface area contributed by atoms with Crippen LogP contribution in [-0.2, 0) is 9.53 Å². The molecule has 1 amide bonds. The molecule has 0 spiro atoms. The Morgan fingerprint density at radius 1 is 1.20 bits per heavy atom. The highest BCUT2D eigenvalue weighted by Crippen LogP contribution is 2.30. The molecule has 140 valence electrons. The summed E-state index contributed by atoms with van der Waals surface area (Å²) in [5, 5.41) is 6.14. The Kier molecular flexibility index (Phi) is 8.72. The van der Waals surface area contributed by atoms with Crippen LogP contribution in [0.2, 0.25) is 0 Å². The van der Waals surface area contributed by atoms with Gasteiger partial charge in [0.05, 0.1) is 26.3 Å². The molecule has 1 unspecified atom stereocenters. The lowest BCUT2D eigenvalue weighted by Crippen LogP contribution is -2.43. The minimum Gasteiger partial charge on any atom is -0.496 e. The molecule has 25 heavy (non-hydrogen) atoms. The second-order valence-corrected chi connectivity index (χ2v) is 6.33.